The Morgan fingerprint density at radius 1 is 1.15 bits per heavy atom. The zero-order valence-electron chi connectivity index (χ0n) is 11.7. The Hall–Kier alpha value is -2.36. The van der Waals surface area contributed by atoms with Gasteiger partial charge in [0.05, 0.1) is 7.11 Å². The standard InChI is InChI=1S/C16H17N3O/c1-3-19-15(18-14-5-4-10-17-16(14)19)11-12-6-8-13(20-2)9-7-12/h4-10H,3,11H2,1-2H3. The number of benzene rings is 1. The van der Waals surface area contributed by atoms with Crippen LogP contribution in [0.25, 0.3) is 11.2 Å². The highest BCUT2D eigenvalue weighted by atomic mass is 16.5. The van der Waals surface area contributed by atoms with Gasteiger partial charge < -0.3 is 9.30 Å². The number of ether oxygens (including phenoxy) is 1. The Kier molecular flexibility index (Phi) is 3.37. The van der Waals surface area contributed by atoms with E-state index >= 15 is 0 Å². The molecule has 0 saturated heterocycles. The quantitative estimate of drug-likeness (QED) is 0.729. The Labute approximate surface area is 118 Å². The summed E-state index contributed by atoms with van der Waals surface area (Å²) in [5.74, 6) is 1.92. The normalized spacial score (nSPS) is 10.9. The van der Waals surface area contributed by atoms with Gasteiger partial charge in [0, 0.05) is 19.2 Å². The van der Waals surface area contributed by atoms with Gasteiger partial charge in [0.25, 0.3) is 0 Å². The molecule has 4 nitrogen and oxygen atoms in total. The molecule has 3 rings (SSSR count). The minimum atomic E-state index is 0.800. The zero-order valence-corrected chi connectivity index (χ0v) is 11.7. The average molecular weight is 267 g/mol. The summed E-state index contributed by atoms with van der Waals surface area (Å²) >= 11 is 0. The van der Waals surface area contributed by atoms with E-state index in [9.17, 15) is 0 Å². The molecular weight excluding hydrogens is 250 g/mol. The first kappa shape index (κ1) is 12.7. The number of pyridine rings is 1. The third-order valence-electron chi connectivity index (χ3n) is 3.42. The second kappa shape index (κ2) is 5.33. The van der Waals surface area contributed by atoms with E-state index in [0.29, 0.717) is 0 Å². The molecule has 0 aliphatic heterocycles. The first-order valence-corrected chi connectivity index (χ1v) is 6.75. The minimum Gasteiger partial charge on any atom is -0.497 e. The van der Waals surface area contributed by atoms with Crippen LogP contribution < -0.4 is 4.74 Å². The average Bonchev–Trinajstić information content (AvgIpc) is 2.85. The molecule has 0 unspecified atom stereocenters. The lowest BCUT2D eigenvalue weighted by Crippen LogP contribution is -2.03. The van der Waals surface area contributed by atoms with E-state index in [4.69, 9.17) is 9.72 Å². The molecule has 0 radical (unpaired) electrons. The Bertz CT molecular complexity index is 716. The number of rotatable bonds is 4. The van der Waals surface area contributed by atoms with Crippen LogP contribution in [-0.4, -0.2) is 21.6 Å². The van der Waals surface area contributed by atoms with Gasteiger partial charge in [-0.1, -0.05) is 12.1 Å². The number of methoxy groups -OCH3 is 1. The maximum absolute atomic E-state index is 5.18. The molecule has 4 heteroatoms. The van der Waals surface area contributed by atoms with Crippen LogP contribution in [0.1, 0.15) is 18.3 Å². The monoisotopic (exact) mass is 267 g/mol. The second-order valence-corrected chi connectivity index (χ2v) is 4.64. The lowest BCUT2D eigenvalue weighted by molar-refractivity contribution is 0.414. The van der Waals surface area contributed by atoms with Gasteiger partial charge in [-0.25, -0.2) is 9.97 Å². The van der Waals surface area contributed by atoms with Crippen LogP contribution >= 0.6 is 0 Å². The third kappa shape index (κ3) is 2.25. The van der Waals surface area contributed by atoms with Gasteiger partial charge in [0.2, 0.25) is 0 Å². The predicted octanol–water partition coefficient (Wildman–Crippen LogP) is 3.05. The SMILES string of the molecule is CCn1c(Cc2ccc(OC)cc2)nc2cccnc21. The van der Waals surface area contributed by atoms with Crippen molar-refractivity contribution in [1.29, 1.82) is 0 Å². The van der Waals surface area contributed by atoms with Crippen LogP contribution in [0.15, 0.2) is 42.6 Å². The van der Waals surface area contributed by atoms with E-state index in [1.165, 1.54) is 5.56 Å². The summed E-state index contributed by atoms with van der Waals surface area (Å²) in [5.41, 5.74) is 3.13. The van der Waals surface area contributed by atoms with E-state index in [1.807, 2.05) is 30.5 Å². The van der Waals surface area contributed by atoms with Crippen molar-refractivity contribution in [2.24, 2.45) is 0 Å². The molecule has 0 amide bonds. The van der Waals surface area contributed by atoms with E-state index in [0.717, 1.165) is 35.7 Å². The highest BCUT2D eigenvalue weighted by Crippen LogP contribution is 2.18. The largest absolute Gasteiger partial charge is 0.497 e. The van der Waals surface area contributed by atoms with Gasteiger partial charge in [-0.15, -0.1) is 0 Å². The topological polar surface area (TPSA) is 39.9 Å². The lowest BCUT2D eigenvalue weighted by atomic mass is 10.1. The summed E-state index contributed by atoms with van der Waals surface area (Å²) in [6.07, 6.45) is 2.61. The molecule has 0 spiro atoms. The molecule has 2 heterocycles. The van der Waals surface area contributed by atoms with Gasteiger partial charge in [-0.2, -0.15) is 0 Å². The van der Waals surface area contributed by atoms with E-state index < -0.39 is 0 Å². The van der Waals surface area contributed by atoms with Crippen molar-refractivity contribution >= 4 is 11.2 Å². The van der Waals surface area contributed by atoms with Gasteiger partial charge >= 0.3 is 0 Å². The second-order valence-electron chi connectivity index (χ2n) is 4.64. The molecule has 0 atom stereocenters. The molecule has 0 N–H and O–H groups in total. The summed E-state index contributed by atoms with van der Waals surface area (Å²) in [7, 11) is 1.68. The van der Waals surface area contributed by atoms with Crippen molar-refractivity contribution in [3.05, 3.63) is 54.0 Å². The number of imidazole rings is 1. The van der Waals surface area contributed by atoms with Gasteiger partial charge in [0.15, 0.2) is 5.65 Å². The van der Waals surface area contributed by atoms with E-state index in [2.05, 4.69) is 28.6 Å². The van der Waals surface area contributed by atoms with Crippen LogP contribution in [0.2, 0.25) is 0 Å². The first-order chi connectivity index (χ1) is 9.81. The summed E-state index contributed by atoms with van der Waals surface area (Å²) < 4.78 is 7.35. The highest BCUT2D eigenvalue weighted by molar-refractivity contribution is 5.71. The minimum absolute atomic E-state index is 0.800. The molecule has 3 aromatic rings. The molecule has 0 fully saturated rings. The van der Waals surface area contributed by atoms with Gasteiger partial charge in [0.1, 0.15) is 17.1 Å². The van der Waals surface area contributed by atoms with E-state index in [-0.39, 0.29) is 0 Å². The third-order valence-corrected chi connectivity index (χ3v) is 3.42. The predicted molar refractivity (Wildman–Crippen MR) is 79.0 cm³/mol. The van der Waals surface area contributed by atoms with Crippen molar-refractivity contribution in [3.63, 3.8) is 0 Å². The van der Waals surface area contributed by atoms with Crippen molar-refractivity contribution in [2.75, 3.05) is 7.11 Å². The molecule has 0 saturated carbocycles. The molecule has 20 heavy (non-hydrogen) atoms. The molecular formula is C16H17N3O. The van der Waals surface area contributed by atoms with Gasteiger partial charge in [-0.05, 0) is 36.8 Å². The van der Waals surface area contributed by atoms with Crippen molar-refractivity contribution in [2.45, 2.75) is 19.9 Å². The lowest BCUT2D eigenvalue weighted by Gasteiger charge is -2.06. The van der Waals surface area contributed by atoms with Crippen LogP contribution in [0.5, 0.6) is 5.75 Å². The van der Waals surface area contributed by atoms with Crippen molar-refractivity contribution < 1.29 is 4.74 Å². The fourth-order valence-corrected chi connectivity index (χ4v) is 2.40. The first-order valence-electron chi connectivity index (χ1n) is 6.75. The maximum Gasteiger partial charge on any atom is 0.159 e. The smallest absolute Gasteiger partial charge is 0.159 e. The number of hydrogen-bond donors (Lipinski definition) is 0. The molecule has 0 aliphatic rings. The van der Waals surface area contributed by atoms with Crippen LogP contribution in [-0.2, 0) is 13.0 Å². The molecule has 2 aromatic heterocycles. The molecule has 1 aromatic carbocycles. The fraction of sp³-hybridized carbons (Fsp3) is 0.250. The molecule has 0 aliphatic carbocycles. The molecule has 102 valence electrons. The van der Waals surface area contributed by atoms with Crippen molar-refractivity contribution in [3.8, 4) is 5.75 Å². The Balaban J connectivity index is 1.96. The van der Waals surface area contributed by atoms with Crippen molar-refractivity contribution in [1.82, 2.24) is 14.5 Å². The fourth-order valence-electron chi connectivity index (χ4n) is 2.40. The van der Waals surface area contributed by atoms with Crippen LogP contribution in [0.3, 0.4) is 0 Å². The number of aryl methyl sites for hydroxylation is 1. The highest BCUT2D eigenvalue weighted by Gasteiger charge is 2.10. The zero-order chi connectivity index (χ0) is 13.9. The maximum atomic E-state index is 5.18. The number of aromatic nitrogens is 3. The summed E-state index contributed by atoms with van der Waals surface area (Å²) in [6.45, 7) is 2.99. The Morgan fingerprint density at radius 2 is 1.95 bits per heavy atom. The molecule has 0 bridgehead atoms. The van der Waals surface area contributed by atoms with Crippen LogP contribution in [0, 0.1) is 0 Å². The number of fused-ring (bicyclic) bond motifs is 1. The van der Waals surface area contributed by atoms with E-state index in [1.54, 1.807) is 7.11 Å². The summed E-state index contributed by atoms with van der Waals surface area (Å²) in [6, 6.07) is 12.0. The van der Waals surface area contributed by atoms with Crippen LogP contribution in [0.4, 0.5) is 0 Å². The van der Waals surface area contributed by atoms with Gasteiger partial charge in [-0.3, -0.25) is 0 Å². The summed E-state index contributed by atoms with van der Waals surface area (Å²) in [4.78, 5) is 9.11. The Morgan fingerprint density at radius 3 is 2.65 bits per heavy atom. The number of hydrogen-bond acceptors (Lipinski definition) is 3. The summed E-state index contributed by atoms with van der Waals surface area (Å²) in [5, 5.41) is 0. The number of nitrogens with zero attached hydrogens (tertiary/aromatic N) is 3.